The molecule has 1 aliphatic heterocycles. The van der Waals surface area contributed by atoms with Crippen LogP contribution >= 0.6 is 0 Å². The number of fused-ring (bicyclic) bond motifs is 1. The Bertz CT molecular complexity index is 813. The molecule has 158 valence electrons. The van der Waals surface area contributed by atoms with Crippen LogP contribution in [-0.2, 0) is 19.4 Å². The second-order valence-electron chi connectivity index (χ2n) is 7.85. The Balaban J connectivity index is 1.47. The minimum absolute atomic E-state index is 0.307. The fourth-order valence-corrected chi connectivity index (χ4v) is 3.41. The highest BCUT2D eigenvalue weighted by Gasteiger charge is 2.23. The van der Waals surface area contributed by atoms with Crippen molar-refractivity contribution in [2.45, 2.75) is 65.0 Å². The molecule has 1 aliphatic rings. The molecule has 0 fully saturated rings. The average Bonchev–Trinajstić information content (AvgIpc) is 3.15. The van der Waals surface area contributed by atoms with Crippen molar-refractivity contribution < 1.29 is 4.74 Å². The molecule has 3 rings (SSSR count). The zero-order valence-electron chi connectivity index (χ0n) is 18.1. The van der Waals surface area contributed by atoms with Gasteiger partial charge in [-0.1, -0.05) is 32.9 Å². The molecule has 1 aromatic heterocycles. The van der Waals surface area contributed by atoms with E-state index in [1.165, 1.54) is 5.56 Å². The lowest BCUT2D eigenvalue weighted by Crippen LogP contribution is -2.47. The molecular weight excluding hydrogens is 364 g/mol. The summed E-state index contributed by atoms with van der Waals surface area (Å²) >= 11 is 0. The second kappa shape index (κ2) is 10.3. The molecule has 0 saturated heterocycles. The van der Waals surface area contributed by atoms with Gasteiger partial charge in [-0.3, -0.25) is 4.99 Å². The minimum atomic E-state index is 0.307. The highest BCUT2D eigenvalue weighted by molar-refractivity contribution is 5.79. The molecule has 0 amide bonds. The third-order valence-corrected chi connectivity index (χ3v) is 5.03. The first-order valence-corrected chi connectivity index (χ1v) is 10.7. The van der Waals surface area contributed by atoms with Gasteiger partial charge in [0.15, 0.2) is 11.8 Å². The third kappa shape index (κ3) is 5.95. The number of rotatable bonds is 8. The summed E-state index contributed by atoms with van der Waals surface area (Å²) in [7, 11) is 1.81. The zero-order valence-corrected chi connectivity index (χ0v) is 18.1. The highest BCUT2D eigenvalue weighted by atomic mass is 16.5. The number of hydrogen-bond donors (Lipinski definition) is 2. The maximum absolute atomic E-state index is 5.72. The van der Waals surface area contributed by atoms with Gasteiger partial charge in [-0.2, -0.15) is 5.10 Å². The molecular formula is C22H34N6O. The van der Waals surface area contributed by atoms with Gasteiger partial charge in [-0.15, -0.1) is 0 Å². The number of ether oxygens (including phenoxy) is 1. The number of aryl methyl sites for hydroxylation is 1. The van der Waals surface area contributed by atoms with Crippen LogP contribution in [0.4, 0.5) is 0 Å². The molecule has 7 heteroatoms. The molecule has 1 atom stereocenters. The Hall–Kier alpha value is -2.57. The van der Waals surface area contributed by atoms with Gasteiger partial charge < -0.3 is 15.4 Å². The fourth-order valence-electron chi connectivity index (χ4n) is 3.41. The molecule has 29 heavy (non-hydrogen) atoms. The molecule has 0 bridgehead atoms. The maximum Gasteiger partial charge on any atom is 0.191 e. The predicted molar refractivity (Wildman–Crippen MR) is 117 cm³/mol. The number of aromatic nitrogens is 3. The molecule has 2 heterocycles. The average molecular weight is 399 g/mol. The molecule has 2 N–H and O–H groups in total. The Morgan fingerprint density at radius 1 is 1.38 bits per heavy atom. The summed E-state index contributed by atoms with van der Waals surface area (Å²) in [6.45, 7) is 8.78. The topological polar surface area (TPSA) is 76.4 Å². The van der Waals surface area contributed by atoms with E-state index in [1.54, 1.807) is 0 Å². The third-order valence-electron chi connectivity index (χ3n) is 5.03. The van der Waals surface area contributed by atoms with Gasteiger partial charge in [0.2, 0.25) is 0 Å². The summed E-state index contributed by atoms with van der Waals surface area (Å²) in [5.41, 5.74) is 1.26. The molecule has 0 aliphatic carbocycles. The van der Waals surface area contributed by atoms with Crippen LogP contribution in [0.2, 0.25) is 0 Å². The lowest BCUT2D eigenvalue weighted by molar-refractivity contribution is 0.317. The first-order chi connectivity index (χ1) is 14.1. The van der Waals surface area contributed by atoms with E-state index in [1.807, 2.05) is 17.8 Å². The molecule has 7 nitrogen and oxygen atoms in total. The first kappa shape index (κ1) is 21.1. The highest BCUT2D eigenvalue weighted by Crippen LogP contribution is 2.17. The predicted octanol–water partition coefficient (Wildman–Crippen LogP) is 2.91. The Kier molecular flexibility index (Phi) is 7.49. The van der Waals surface area contributed by atoms with E-state index in [4.69, 9.17) is 4.74 Å². The van der Waals surface area contributed by atoms with Crippen molar-refractivity contribution in [3.8, 4) is 5.75 Å². The van der Waals surface area contributed by atoms with Crippen LogP contribution in [0, 0.1) is 0 Å². The van der Waals surface area contributed by atoms with Crippen molar-refractivity contribution in [3.63, 3.8) is 0 Å². The Morgan fingerprint density at radius 2 is 2.24 bits per heavy atom. The molecule has 0 saturated carbocycles. The molecule has 0 spiro atoms. The van der Waals surface area contributed by atoms with E-state index < -0.39 is 0 Å². The fraction of sp³-hybridized carbons (Fsp3) is 0.591. The summed E-state index contributed by atoms with van der Waals surface area (Å²) in [6, 6.07) is 8.63. The van der Waals surface area contributed by atoms with E-state index in [0.29, 0.717) is 12.0 Å². The summed E-state index contributed by atoms with van der Waals surface area (Å²) in [4.78, 5) is 9.05. The van der Waals surface area contributed by atoms with Crippen molar-refractivity contribution in [1.29, 1.82) is 0 Å². The molecule has 1 aromatic carbocycles. The lowest BCUT2D eigenvalue weighted by atomic mass is 10.1. The lowest BCUT2D eigenvalue weighted by Gasteiger charge is -2.25. The quantitative estimate of drug-likeness (QED) is 0.528. The van der Waals surface area contributed by atoms with Crippen molar-refractivity contribution in [1.82, 2.24) is 25.4 Å². The maximum atomic E-state index is 5.72. The van der Waals surface area contributed by atoms with Crippen molar-refractivity contribution >= 4 is 5.96 Å². The molecule has 2 aromatic rings. The number of guanidine groups is 1. The van der Waals surface area contributed by atoms with Crippen LogP contribution in [0.15, 0.2) is 29.3 Å². The SMILES string of the molecule is CCCOc1cccc(CCNC(=NC)NC2CCc3nc(C(C)C)nn3C2)c1. The van der Waals surface area contributed by atoms with Crippen LogP contribution in [0.5, 0.6) is 5.75 Å². The number of hydrogen-bond acceptors (Lipinski definition) is 4. The van der Waals surface area contributed by atoms with Gasteiger partial charge in [0.1, 0.15) is 11.6 Å². The van der Waals surface area contributed by atoms with Gasteiger partial charge in [0, 0.05) is 32.0 Å². The van der Waals surface area contributed by atoms with Crippen molar-refractivity contribution in [2.24, 2.45) is 4.99 Å². The molecule has 0 radical (unpaired) electrons. The van der Waals surface area contributed by atoms with Gasteiger partial charge in [0.05, 0.1) is 13.2 Å². The smallest absolute Gasteiger partial charge is 0.191 e. The van der Waals surface area contributed by atoms with Crippen LogP contribution in [0.1, 0.15) is 56.7 Å². The summed E-state index contributed by atoms with van der Waals surface area (Å²) in [6.07, 6.45) is 3.91. The number of nitrogens with one attached hydrogen (secondary N) is 2. The van der Waals surface area contributed by atoms with E-state index in [-0.39, 0.29) is 0 Å². The standard InChI is InChI=1S/C22H34N6O/c1-5-13-29-19-8-6-7-17(14-19)11-12-24-22(23-4)25-18-9-10-20-26-21(16(2)3)27-28(20)15-18/h6-8,14,16,18H,5,9-13,15H2,1-4H3,(H2,23,24,25). The minimum Gasteiger partial charge on any atom is -0.494 e. The van der Waals surface area contributed by atoms with E-state index in [2.05, 4.69) is 64.7 Å². The number of aliphatic imine (C=N–C) groups is 1. The van der Waals surface area contributed by atoms with Crippen LogP contribution in [-0.4, -0.2) is 47.0 Å². The monoisotopic (exact) mass is 398 g/mol. The summed E-state index contributed by atoms with van der Waals surface area (Å²) < 4.78 is 7.77. The van der Waals surface area contributed by atoms with Crippen LogP contribution in [0.3, 0.4) is 0 Å². The Morgan fingerprint density at radius 3 is 3.00 bits per heavy atom. The summed E-state index contributed by atoms with van der Waals surface area (Å²) in [5, 5.41) is 11.6. The summed E-state index contributed by atoms with van der Waals surface area (Å²) in [5.74, 6) is 4.17. The first-order valence-electron chi connectivity index (χ1n) is 10.7. The van der Waals surface area contributed by atoms with Gasteiger partial charge in [-0.25, -0.2) is 9.67 Å². The van der Waals surface area contributed by atoms with E-state index in [0.717, 1.165) is 68.7 Å². The van der Waals surface area contributed by atoms with Crippen molar-refractivity contribution in [3.05, 3.63) is 41.5 Å². The van der Waals surface area contributed by atoms with Gasteiger partial charge >= 0.3 is 0 Å². The van der Waals surface area contributed by atoms with Gasteiger partial charge in [-0.05, 0) is 37.0 Å². The number of nitrogens with zero attached hydrogens (tertiary/aromatic N) is 4. The Labute approximate surface area is 174 Å². The second-order valence-corrected chi connectivity index (χ2v) is 7.85. The van der Waals surface area contributed by atoms with Crippen LogP contribution in [0.25, 0.3) is 0 Å². The van der Waals surface area contributed by atoms with E-state index in [9.17, 15) is 0 Å². The van der Waals surface area contributed by atoms with Crippen molar-refractivity contribution in [2.75, 3.05) is 20.2 Å². The van der Waals surface area contributed by atoms with Gasteiger partial charge in [0.25, 0.3) is 0 Å². The van der Waals surface area contributed by atoms with Crippen LogP contribution < -0.4 is 15.4 Å². The largest absolute Gasteiger partial charge is 0.494 e. The zero-order chi connectivity index (χ0) is 20.6. The normalized spacial score (nSPS) is 16.6. The molecule has 1 unspecified atom stereocenters. The van der Waals surface area contributed by atoms with E-state index >= 15 is 0 Å². The number of benzene rings is 1.